The zero-order valence-electron chi connectivity index (χ0n) is 18.0. The molecule has 160 valence electrons. The van der Waals surface area contributed by atoms with Gasteiger partial charge in [-0.05, 0) is 48.2 Å². The quantitative estimate of drug-likeness (QED) is 0.366. The van der Waals surface area contributed by atoms with Gasteiger partial charge in [0.1, 0.15) is 8.24 Å². The molecule has 1 aromatic rings. The number of allylic oxidation sites excluding steroid dienone is 1. The molecule has 0 aromatic heterocycles. The topological polar surface area (TPSA) is 29.7 Å². The molecule has 1 aromatic carbocycles. The standard InChI is InChI=1S/C21H30N3Si.CH3.2ClH.Ti/c1-16-15-19-18(17-7-5-4-6-8-17)9-10-23-20(19)21(16)25(2,3)24-13-11-22-12-14-24;;;;/h4-10,16,19-21H,11-15H2,1-3H3;1H3;2*1H;/q2*-1;;;+2/p-2. The van der Waals surface area contributed by atoms with Gasteiger partial charge in [0.25, 0.3) is 0 Å². The summed E-state index contributed by atoms with van der Waals surface area (Å²) in [5.74, 6) is 1.34. The molecule has 0 N–H and O–H groups in total. The van der Waals surface area contributed by atoms with E-state index >= 15 is 0 Å². The Morgan fingerprint density at radius 2 is 1.76 bits per heavy atom. The molecule has 3 nitrogen and oxygen atoms in total. The van der Waals surface area contributed by atoms with Gasteiger partial charge in [0.15, 0.2) is 0 Å². The van der Waals surface area contributed by atoms with Gasteiger partial charge in [-0.2, -0.15) is 0 Å². The van der Waals surface area contributed by atoms with Gasteiger partial charge in [-0.3, -0.25) is 4.99 Å². The van der Waals surface area contributed by atoms with E-state index in [1.165, 1.54) is 17.6 Å². The number of dihydropyridines is 1. The van der Waals surface area contributed by atoms with Crippen LogP contribution in [0, 0.1) is 19.3 Å². The Morgan fingerprint density at radius 1 is 1.14 bits per heavy atom. The minimum absolute atomic E-state index is 0. The van der Waals surface area contributed by atoms with Crippen molar-refractivity contribution in [2.45, 2.75) is 38.0 Å². The van der Waals surface area contributed by atoms with Crippen molar-refractivity contribution in [2.24, 2.45) is 16.8 Å². The number of rotatable bonds is 3. The third-order valence-corrected chi connectivity index (χ3v) is 11.3. The molecule has 2 heterocycles. The predicted molar refractivity (Wildman–Crippen MR) is 128 cm³/mol. The molecule has 1 saturated heterocycles. The Bertz CT molecular complexity index is 693. The zero-order valence-corrected chi connectivity index (χ0v) is 22.1. The summed E-state index contributed by atoms with van der Waals surface area (Å²) in [6, 6.07) is 11.4. The number of halogens is 2. The number of piperazine rings is 1. The van der Waals surface area contributed by atoms with Gasteiger partial charge in [0.2, 0.25) is 0 Å². The summed E-state index contributed by atoms with van der Waals surface area (Å²) in [5.41, 5.74) is 3.63. The van der Waals surface area contributed by atoms with Crippen LogP contribution in [0.2, 0.25) is 18.6 Å². The van der Waals surface area contributed by atoms with E-state index in [4.69, 9.17) is 23.6 Å². The molecule has 2 fully saturated rings. The Balaban J connectivity index is 0.000000708. The van der Waals surface area contributed by atoms with Gasteiger partial charge in [0.05, 0.1) is 6.04 Å². The average molecular weight is 486 g/mol. The molecule has 4 atom stereocenters. The van der Waals surface area contributed by atoms with Crippen molar-refractivity contribution in [3.63, 3.8) is 0 Å². The van der Waals surface area contributed by atoms with Crippen molar-refractivity contribution >= 4 is 38.6 Å². The van der Waals surface area contributed by atoms with Gasteiger partial charge in [-0.1, -0.05) is 50.3 Å². The van der Waals surface area contributed by atoms with Crippen LogP contribution in [0.15, 0.2) is 41.4 Å². The van der Waals surface area contributed by atoms with E-state index in [1.54, 1.807) is 0 Å². The van der Waals surface area contributed by atoms with E-state index in [9.17, 15) is 0 Å². The molecule has 4 unspecified atom stereocenters. The number of hydrogen-bond acceptors (Lipinski definition) is 2. The van der Waals surface area contributed by atoms with Crippen LogP contribution in [0.4, 0.5) is 0 Å². The van der Waals surface area contributed by atoms with E-state index in [1.807, 2.05) is 0 Å². The first-order chi connectivity index (χ1) is 13.5. The van der Waals surface area contributed by atoms with Crippen LogP contribution in [-0.4, -0.2) is 51.2 Å². The van der Waals surface area contributed by atoms with Crippen LogP contribution in [0.5, 0.6) is 0 Å². The third kappa shape index (κ3) is 5.65. The summed E-state index contributed by atoms with van der Waals surface area (Å²) >= 11 is -0.556. The fraction of sp³-hybridized carbons (Fsp3) is 0.545. The maximum atomic E-state index is 5.04. The van der Waals surface area contributed by atoms with E-state index < -0.39 is 25.3 Å². The van der Waals surface area contributed by atoms with E-state index in [2.05, 4.69) is 72.5 Å². The monoisotopic (exact) mass is 485 g/mol. The first-order valence-corrected chi connectivity index (χ1v) is 17.5. The molecule has 0 spiro atoms. The van der Waals surface area contributed by atoms with Crippen molar-refractivity contribution in [3.05, 3.63) is 54.7 Å². The maximum absolute atomic E-state index is 5.04. The van der Waals surface area contributed by atoms with Crippen molar-refractivity contribution in [1.29, 1.82) is 0 Å². The summed E-state index contributed by atoms with van der Waals surface area (Å²) in [6.45, 7) is 12.0. The fourth-order valence-electron chi connectivity index (χ4n) is 5.58. The second kappa shape index (κ2) is 11.6. The Kier molecular flexibility index (Phi) is 10.1. The van der Waals surface area contributed by atoms with Crippen molar-refractivity contribution < 1.29 is 17.0 Å². The van der Waals surface area contributed by atoms with Gasteiger partial charge < -0.3 is 17.3 Å². The van der Waals surface area contributed by atoms with E-state index in [-0.39, 0.29) is 7.43 Å². The van der Waals surface area contributed by atoms with Crippen LogP contribution in [-0.2, 0) is 17.0 Å². The van der Waals surface area contributed by atoms with Crippen LogP contribution in [0.25, 0.3) is 10.9 Å². The Hall–Kier alpha value is 0.0612. The normalized spacial score (nSPS) is 29.1. The van der Waals surface area contributed by atoms with Gasteiger partial charge in [-0.25, -0.2) is 0 Å². The first-order valence-electron chi connectivity index (χ1n) is 10.1. The molecule has 2 aliphatic heterocycles. The van der Waals surface area contributed by atoms with Crippen molar-refractivity contribution in [1.82, 2.24) is 4.57 Å². The second-order valence-corrected chi connectivity index (χ2v) is 15.7. The van der Waals surface area contributed by atoms with E-state index in [0.29, 0.717) is 12.0 Å². The molecule has 3 aliphatic rings. The van der Waals surface area contributed by atoms with Crippen LogP contribution in [0.3, 0.4) is 0 Å². The van der Waals surface area contributed by atoms with E-state index in [0.717, 1.165) is 37.6 Å². The molecule has 4 rings (SSSR count). The molecule has 0 radical (unpaired) electrons. The summed E-state index contributed by atoms with van der Waals surface area (Å²) in [5, 5.41) is 4.56. The number of aliphatic imine (C=N–C) groups is 1. The summed E-state index contributed by atoms with van der Waals surface area (Å²) in [7, 11) is 8.24. The van der Waals surface area contributed by atoms with Crippen LogP contribution < -0.4 is 0 Å². The molecule has 0 bridgehead atoms. The first kappa shape index (κ1) is 25.3. The number of fused-ring (bicyclic) bond motifs is 1. The molecular formula is C22H33Cl2N3SiTi-2. The summed E-state index contributed by atoms with van der Waals surface area (Å²) in [4.78, 5) is 5.04. The summed E-state index contributed by atoms with van der Waals surface area (Å²) in [6.07, 6.45) is 5.63. The second-order valence-electron chi connectivity index (χ2n) is 8.50. The number of benzene rings is 1. The molecule has 29 heavy (non-hydrogen) atoms. The third-order valence-electron chi connectivity index (χ3n) is 6.72. The molecule has 1 saturated carbocycles. The van der Waals surface area contributed by atoms with Gasteiger partial charge in [0, 0.05) is 12.1 Å². The van der Waals surface area contributed by atoms with Crippen molar-refractivity contribution in [2.75, 3.05) is 26.2 Å². The molecule has 7 heteroatoms. The number of hydrogen-bond donors (Lipinski definition) is 0. The number of nitrogens with zero attached hydrogens (tertiary/aromatic N) is 3. The Labute approximate surface area is 195 Å². The van der Waals surface area contributed by atoms with Crippen molar-refractivity contribution in [3.8, 4) is 0 Å². The summed E-state index contributed by atoms with van der Waals surface area (Å²) < 4.78 is 2.81. The average Bonchev–Trinajstić information content (AvgIpc) is 3.06. The molecular weight excluding hydrogens is 453 g/mol. The minimum atomic E-state index is -1.54. The van der Waals surface area contributed by atoms with Gasteiger partial charge >= 0.3 is 35.6 Å². The van der Waals surface area contributed by atoms with Crippen LogP contribution >= 0.6 is 18.6 Å². The molecule has 0 amide bonds. The predicted octanol–water partition coefficient (Wildman–Crippen LogP) is 6.27. The fourth-order valence-corrected chi connectivity index (χ4v) is 10.0. The SMILES string of the molecule is CC1CC2C(c3ccccc3)=CC=NC2C1[Si](C)(C)N1CC[N-]CC1.[CH3-].[Cl][Ti][Cl]. The van der Waals surface area contributed by atoms with Crippen LogP contribution in [0.1, 0.15) is 18.9 Å². The van der Waals surface area contributed by atoms with Gasteiger partial charge in [-0.15, -0.1) is 13.1 Å². The Morgan fingerprint density at radius 3 is 2.38 bits per heavy atom. The zero-order chi connectivity index (χ0) is 20.1. The molecule has 1 aliphatic carbocycles.